The van der Waals surface area contributed by atoms with Crippen molar-refractivity contribution in [3.63, 3.8) is 0 Å². The Morgan fingerprint density at radius 3 is 2.38 bits per heavy atom. The monoisotopic (exact) mass is 333 g/mol. The molecule has 0 saturated carbocycles. The highest BCUT2D eigenvalue weighted by atomic mass is 16.6. The van der Waals surface area contributed by atoms with E-state index >= 15 is 0 Å². The van der Waals surface area contributed by atoms with Gasteiger partial charge in [0.1, 0.15) is 0 Å². The molecule has 24 heavy (non-hydrogen) atoms. The molecule has 0 radical (unpaired) electrons. The fourth-order valence-electron chi connectivity index (χ4n) is 3.07. The van der Waals surface area contributed by atoms with Gasteiger partial charge in [0.25, 0.3) is 0 Å². The summed E-state index contributed by atoms with van der Waals surface area (Å²) in [6.45, 7) is 3.73. The van der Waals surface area contributed by atoms with Crippen LogP contribution in [0.1, 0.15) is 12.8 Å². The van der Waals surface area contributed by atoms with Crippen LogP contribution in [0.3, 0.4) is 0 Å². The number of carbonyl (C=O) groups is 2. The quantitative estimate of drug-likeness (QED) is 0.433. The van der Waals surface area contributed by atoms with Gasteiger partial charge in [-0.3, -0.25) is 29.5 Å². The highest BCUT2D eigenvalue weighted by molar-refractivity contribution is 6.01. The summed E-state index contributed by atoms with van der Waals surface area (Å²) in [5.74, 6) is 0.206. The van der Waals surface area contributed by atoms with Crippen molar-refractivity contribution in [3.05, 3.63) is 28.4 Å². The van der Waals surface area contributed by atoms with Gasteiger partial charge in [-0.2, -0.15) is 0 Å². The van der Waals surface area contributed by atoms with Crippen molar-refractivity contribution in [3.8, 4) is 0 Å². The lowest BCUT2D eigenvalue weighted by atomic mass is 10.2. The van der Waals surface area contributed by atoms with Crippen LogP contribution in [0.2, 0.25) is 0 Å². The molecule has 3 heterocycles. The molecule has 0 spiro atoms. The number of rotatable bonds is 5. The van der Waals surface area contributed by atoms with E-state index in [1.807, 2.05) is 4.90 Å². The first-order valence-corrected chi connectivity index (χ1v) is 7.96. The number of piperazine rings is 1. The average Bonchev–Trinajstić information content (AvgIpc) is 2.92. The van der Waals surface area contributed by atoms with Crippen molar-refractivity contribution in [2.45, 2.75) is 12.8 Å². The Hall–Kier alpha value is -2.55. The summed E-state index contributed by atoms with van der Waals surface area (Å²) in [6, 6.07) is 3.02. The lowest BCUT2D eigenvalue weighted by Crippen LogP contribution is -2.49. The van der Waals surface area contributed by atoms with E-state index in [2.05, 4.69) is 9.88 Å². The van der Waals surface area contributed by atoms with Crippen LogP contribution in [-0.4, -0.2) is 70.8 Å². The number of hydrogen-bond acceptors (Lipinski definition) is 7. The van der Waals surface area contributed by atoms with E-state index in [1.165, 1.54) is 11.0 Å². The van der Waals surface area contributed by atoms with Gasteiger partial charge in [0.15, 0.2) is 0 Å². The van der Waals surface area contributed by atoms with Crippen molar-refractivity contribution in [1.29, 1.82) is 0 Å². The van der Waals surface area contributed by atoms with E-state index in [-0.39, 0.29) is 17.5 Å². The van der Waals surface area contributed by atoms with Gasteiger partial charge < -0.3 is 4.90 Å². The standard InChI is InChI=1S/C15H19N5O4/c21-13-3-4-14(22)19(13)11-8-17-6-9-18(10-7-17)15-12(20(23)24)2-1-5-16-15/h1-2,5H,3-4,6-11H2. The van der Waals surface area contributed by atoms with Crippen molar-refractivity contribution in [1.82, 2.24) is 14.8 Å². The van der Waals surface area contributed by atoms with Crippen molar-refractivity contribution in [2.75, 3.05) is 44.2 Å². The molecule has 3 rings (SSSR count). The van der Waals surface area contributed by atoms with E-state index in [9.17, 15) is 19.7 Å². The summed E-state index contributed by atoms with van der Waals surface area (Å²) >= 11 is 0. The first-order valence-electron chi connectivity index (χ1n) is 7.96. The molecular formula is C15H19N5O4. The fourth-order valence-corrected chi connectivity index (χ4v) is 3.07. The molecule has 2 aliphatic heterocycles. The van der Waals surface area contributed by atoms with Crippen LogP contribution in [0.5, 0.6) is 0 Å². The third-order valence-electron chi connectivity index (χ3n) is 4.43. The second-order valence-electron chi connectivity index (χ2n) is 5.87. The highest BCUT2D eigenvalue weighted by Gasteiger charge is 2.30. The maximum atomic E-state index is 11.6. The molecule has 2 amide bonds. The number of imide groups is 1. The molecule has 2 fully saturated rings. The van der Waals surface area contributed by atoms with Gasteiger partial charge in [-0.15, -0.1) is 0 Å². The van der Waals surface area contributed by atoms with Crippen molar-refractivity contribution >= 4 is 23.3 Å². The Kier molecular flexibility index (Phi) is 4.70. The molecule has 2 saturated heterocycles. The van der Waals surface area contributed by atoms with Crippen LogP contribution in [0, 0.1) is 10.1 Å². The number of carbonyl (C=O) groups excluding carboxylic acids is 2. The summed E-state index contributed by atoms with van der Waals surface area (Å²) in [7, 11) is 0. The Bertz CT molecular complexity index is 641. The number of nitro groups is 1. The minimum atomic E-state index is -0.417. The number of hydrogen-bond donors (Lipinski definition) is 0. The molecule has 1 aromatic heterocycles. The molecular weight excluding hydrogens is 314 g/mol. The fraction of sp³-hybridized carbons (Fsp3) is 0.533. The zero-order valence-corrected chi connectivity index (χ0v) is 13.3. The highest BCUT2D eigenvalue weighted by Crippen LogP contribution is 2.25. The topological polar surface area (TPSA) is 99.9 Å². The molecule has 128 valence electrons. The van der Waals surface area contributed by atoms with Gasteiger partial charge in [-0.1, -0.05) is 0 Å². The third-order valence-corrected chi connectivity index (χ3v) is 4.43. The lowest BCUT2D eigenvalue weighted by Gasteiger charge is -2.35. The molecule has 0 aliphatic carbocycles. The molecule has 0 aromatic carbocycles. The van der Waals surface area contributed by atoms with Crippen LogP contribution >= 0.6 is 0 Å². The Morgan fingerprint density at radius 1 is 1.08 bits per heavy atom. The van der Waals surface area contributed by atoms with Gasteiger partial charge in [0.05, 0.1) is 4.92 Å². The van der Waals surface area contributed by atoms with Crippen LogP contribution in [0.4, 0.5) is 11.5 Å². The lowest BCUT2D eigenvalue weighted by molar-refractivity contribution is -0.384. The van der Waals surface area contributed by atoms with E-state index in [0.717, 1.165) is 0 Å². The van der Waals surface area contributed by atoms with Crippen LogP contribution in [0.25, 0.3) is 0 Å². The molecule has 0 atom stereocenters. The Balaban J connectivity index is 1.54. The van der Waals surface area contributed by atoms with E-state index in [4.69, 9.17) is 0 Å². The van der Waals surface area contributed by atoms with E-state index in [0.29, 0.717) is 57.9 Å². The van der Waals surface area contributed by atoms with Crippen molar-refractivity contribution in [2.24, 2.45) is 0 Å². The third kappa shape index (κ3) is 3.35. The zero-order valence-electron chi connectivity index (χ0n) is 13.3. The number of aromatic nitrogens is 1. The Labute approximate surface area is 139 Å². The first-order chi connectivity index (χ1) is 11.6. The molecule has 0 bridgehead atoms. The number of likely N-dealkylation sites (tertiary alicyclic amines) is 1. The minimum Gasteiger partial charge on any atom is -0.348 e. The van der Waals surface area contributed by atoms with Crippen LogP contribution < -0.4 is 4.90 Å². The number of amides is 2. The van der Waals surface area contributed by atoms with Gasteiger partial charge in [0.2, 0.25) is 17.6 Å². The SMILES string of the molecule is O=C1CCC(=O)N1CCN1CCN(c2ncccc2[N+](=O)[O-])CC1. The normalized spacial score (nSPS) is 19.2. The molecule has 0 unspecified atom stereocenters. The predicted octanol–water partition coefficient (Wildman–Crippen LogP) is 0.261. The van der Waals surface area contributed by atoms with Gasteiger partial charge in [-0.25, -0.2) is 4.98 Å². The summed E-state index contributed by atoms with van der Waals surface area (Å²) in [5.41, 5.74) is 0.0132. The molecule has 2 aliphatic rings. The van der Waals surface area contributed by atoms with Crippen LogP contribution in [0.15, 0.2) is 18.3 Å². The number of anilines is 1. The van der Waals surface area contributed by atoms with Crippen molar-refractivity contribution < 1.29 is 14.5 Å². The summed E-state index contributed by atoms with van der Waals surface area (Å²) < 4.78 is 0. The first kappa shape index (κ1) is 16.3. The summed E-state index contributed by atoms with van der Waals surface area (Å²) in [5, 5.41) is 11.1. The zero-order chi connectivity index (χ0) is 17.1. The molecule has 9 heteroatoms. The number of nitrogens with zero attached hydrogens (tertiary/aromatic N) is 5. The summed E-state index contributed by atoms with van der Waals surface area (Å²) in [4.78, 5) is 43.4. The van der Waals surface area contributed by atoms with Crippen LogP contribution in [-0.2, 0) is 9.59 Å². The Morgan fingerprint density at radius 2 is 1.75 bits per heavy atom. The number of pyridine rings is 1. The predicted molar refractivity (Wildman–Crippen MR) is 85.5 cm³/mol. The summed E-state index contributed by atoms with van der Waals surface area (Å²) in [6.07, 6.45) is 2.19. The second kappa shape index (κ2) is 6.91. The molecule has 9 nitrogen and oxygen atoms in total. The second-order valence-corrected chi connectivity index (χ2v) is 5.87. The molecule has 0 N–H and O–H groups in total. The van der Waals surface area contributed by atoms with Gasteiger partial charge in [-0.05, 0) is 6.07 Å². The smallest absolute Gasteiger partial charge is 0.311 e. The molecule has 1 aromatic rings. The largest absolute Gasteiger partial charge is 0.348 e. The van der Waals surface area contributed by atoms with E-state index < -0.39 is 4.92 Å². The van der Waals surface area contributed by atoms with Gasteiger partial charge in [0, 0.05) is 64.4 Å². The maximum Gasteiger partial charge on any atom is 0.311 e. The maximum absolute atomic E-state index is 11.6. The minimum absolute atomic E-state index is 0.0132. The van der Waals surface area contributed by atoms with E-state index in [1.54, 1.807) is 12.3 Å². The van der Waals surface area contributed by atoms with Gasteiger partial charge >= 0.3 is 5.69 Å². The average molecular weight is 333 g/mol.